The highest BCUT2D eigenvalue weighted by molar-refractivity contribution is 5.99. The van der Waals surface area contributed by atoms with Crippen LogP contribution in [0.5, 0.6) is 0 Å². The predicted molar refractivity (Wildman–Crippen MR) is 67.3 cm³/mol. The van der Waals surface area contributed by atoms with E-state index in [0.717, 1.165) is 16.9 Å². The first-order valence-corrected chi connectivity index (χ1v) is 5.49. The number of benzene rings is 1. The fourth-order valence-corrected chi connectivity index (χ4v) is 1.95. The van der Waals surface area contributed by atoms with Crippen molar-refractivity contribution in [3.8, 4) is 0 Å². The van der Waals surface area contributed by atoms with Crippen LogP contribution in [0.3, 0.4) is 0 Å². The van der Waals surface area contributed by atoms with Crippen LogP contribution >= 0.6 is 0 Å². The lowest BCUT2D eigenvalue weighted by Gasteiger charge is -2.04. The van der Waals surface area contributed by atoms with Gasteiger partial charge in [0, 0.05) is 18.5 Å². The fraction of sp³-hybridized carbons (Fsp3) is 0.333. The highest BCUT2D eigenvalue weighted by Crippen LogP contribution is 2.21. The van der Waals surface area contributed by atoms with E-state index in [1.165, 1.54) is 0 Å². The van der Waals surface area contributed by atoms with Crippen molar-refractivity contribution in [2.75, 3.05) is 0 Å². The van der Waals surface area contributed by atoms with Gasteiger partial charge in [0.15, 0.2) is 5.84 Å². The van der Waals surface area contributed by atoms with Crippen LogP contribution in [0.15, 0.2) is 23.4 Å². The number of oxime groups is 1. The third-order valence-corrected chi connectivity index (χ3v) is 2.84. The van der Waals surface area contributed by atoms with Gasteiger partial charge in [-0.25, -0.2) is 4.98 Å². The third kappa shape index (κ3) is 1.84. The van der Waals surface area contributed by atoms with Crippen LogP contribution in [-0.4, -0.2) is 20.6 Å². The molecule has 0 bridgehead atoms. The van der Waals surface area contributed by atoms with Crippen LogP contribution in [0.2, 0.25) is 0 Å². The summed E-state index contributed by atoms with van der Waals surface area (Å²) in [4.78, 5) is 4.56. The Bertz CT molecular complexity index is 583. The molecule has 0 saturated heterocycles. The second-order valence-corrected chi connectivity index (χ2v) is 4.37. The molecule has 17 heavy (non-hydrogen) atoms. The zero-order valence-corrected chi connectivity index (χ0v) is 10.2. The number of nitrogens with zero attached hydrogens (tertiary/aromatic N) is 3. The number of amidine groups is 1. The number of imidazole rings is 1. The molecule has 0 aliphatic carbocycles. The van der Waals surface area contributed by atoms with E-state index >= 15 is 0 Å². The summed E-state index contributed by atoms with van der Waals surface area (Å²) in [5.74, 6) is 1.49. The lowest BCUT2D eigenvalue weighted by molar-refractivity contribution is 0.318. The Kier molecular flexibility index (Phi) is 2.75. The monoisotopic (exact) mass is 232 g/mol. The lowest BCUT2D eigenvalue weighted by Crippen LogP contribution is -2.12. The van der Waals surface area contributed by atoms with Gasteiger partial charge in [0.25, 0.3) is 0 Å². The maximum Gasteiger partial charge on any atom is 0.170 e. The quantitative estimate of drug-likeness (QED) is 0.358. The van der Waals surface area contributed by atoms with E-state index in [1.807, 2.05) is 25.2 Å². The Morgan fingerprint density at radius 1 is 1.47 bits per heavy atom. The lowest BCUT2D eigenvalue weighted by atomic mass is 10.2. The Morgan fingerprint density at radius 2 is 2.18 bits per heavy atom. The van der Waals surface area contributed by atoms with Crippen LogP contribution in [0.4, 0.5) is 0 Å². The number of hydrogen-bond acceptors (Lipinski definition) is 3. The molecule has 0 spiro atoms. The van der Waals surface area contributed by atoms with E-state index in [2.05, 4.69) is 28.6 Å². The zero-order valence-electron chi connectivity index (χ0n) is 10.2. The molecule has 2 rings (SSSR count). The van der Waals surface area contributed by atoms with Gasteiger partial charge in [-0.1, -0.05) is 19.0 Å². The minimum absolute atomic E-state index is 0.101. The van der Waals surface area contributed by atoms with Crippen molar-refractivity contribution in [2.24, 2.45) is 17.9 Å². The molecule has 0 saturated carbocycles. The first kappa shape index (κ1) is 11.4. The molecule has 5 nitrogen and oxygen atoms in total. The first-order valence-electron chi connectivity index (χ1n) is 5.49. The van der Waals surface area contributed by atoms with E-state index in [0.29, 0.717) is 11.5 Å². The van der Waals surface area contributed by atoms with Crippen molar-refractivity contribution in [3.05, 3.63) is 29.6 Å². The molecule has 2 aromatic rings. The normalized spacial score (nSPS) is 12.6. The minimum Gasteiger partial charge on any atom is -0.409 e. The van der Waals surface area contributed by atoms with E-state index < -0.39 is 0 Å². The maximum atomic E-state index is 8.65. The molecular weight excluding hydrogens is 216 g/mol. The molecule has 0 unspecified atom stereocenters. The predicted octanol–water partition coefficient (Wildman–Crippen LogP) is 1.79. The van der Waals surface area contributed by atoms with Gasteiger partial charge in [-0.3, -0.25) is 0 Å². The van der Waals surface area contributed by atoms with E-state index in [9.17, 15) is 0 Å². The maximum absolute atomic E-state index is 8.65. The number of nitrogens with two attached hydrogens (primary N) is 1. The summed E-state index contributed by atoms with van der Waals surface area (Å²) in [6.07, 6.45) is 0. The molecule has 90 valence electrons. The average molecular weight is 232 g/mol. The topological polar surface area (TPSA) is 76.4 Å². The summed E-state index contributed by atoms with van der Waals surface area (Å²) in [7, 11) is 1.99. The molecule has 0 aliphatic heterocycles. The van der Waals surface area contributed by atoms with Crippen molar-refractivity contribution >= 4 is 16.9 Å². The molecule has 0 amide bonds. The van der Waals surface area contributed by atoms with Crippen LogP contribution in [0.25, 0.3) is 11.0 Å². The van der Waals surface area contributed by atoms with Crippen molar-refractivity contribution in [1.82, 2.24) is 9.55 Å². The van der Waals surface area contributed by atoms with Gasteiger partial charge in [-0.2, -0.15) is 0 Å². The Balaban J connectivity index is 2.63. The highest BCUT2D eigenvalue weighted by Gasteiger charge is 2.11. The molecule has 1 aromatic carbocycles. The van der Waals surface area contributed by atoms with Gasteiger partial charge in [-0.05, 0) is 18.2 Å². The van der Waals surface area contributed by atoms with E-state index in [1.54, 1.807) is 0 Å². The smallest absolute Gasteiger partial charge is 0.170 e. The van der Waals surface area contributed by atoms with Crippen molar-refractivity contribution in [2.45, 2.75) is 19.8 Å². The molecule has 0 fully saturated rings. The molecule has 1 heterocycles. The first-order chi connectivity index (χ1) is 8.04. The van der Waals surface area contributed by atoms with Crippen LogP contribution in [0.1, 0.15) is 31.2 Å². The van der Waals surface area contributed by atoms with Crippen molar-refractivity contribution < 1.29 is 5.21 Å². The summed E-state index contributed by atoms with van der Waals surface area (Å²) >= 11 is 0. The van der Waals surface area contributed by atoms with E-state index in [4.69, 9.17) is 10.9 Å². The third-order valence-electron chi connectivity index (χ3n) is 2.84. The second-order valence-electron chi connectivity index (χ2n) is 4.37. The van der Waals surface area contributed by atoms with Crippen molar-refractivity contribution in [1.29, 1.82) is 0 Å². The SMILES string of the molecule is CC(C)c1nc2cc(/C(N)=N/O)ccc2n1C. The zero-order chi connectivity index (χ0) is 12.6. The van der Waals surface area contributed by atoms with Crippen molar-refractivity contribution in [3.63, 3.8) is 0 Å². The summed E-state index contributed by atoms with van der Waals surface area (Å²) in [6, 6.07) is 5.58. The minimum atomic E-state index is 0.101. The molecule has 0 radical (unpaired) electrons. The summed E-state index contributed by atoms with van der Waals surface area (Å²) in [5, 5.41) is 11.6. The second kappa shape index (κ2) is 4.08. The molecule has 1 aromatic heterocycles. The number of fused-ring (bicyclic) bond motifs is 1. The van der Waals surface area contributed by atoms with Gasteiger partial charge < -0.3 is 15.5 Å². The number of aromatic nitrogens is 2. The molecule has 0 aliphatic rings. The fourth-order valence-electron chi connectivity index (χ4n) is 1.95. The van der Waals surface area contributed by atoms with Gasteiger partial charge >= 0.3 is 0 Å². The molecule has 3 N–H and O–H groups in total. The molecule has 0 atom stereocenters. The van der Waals surface area contributed by atoms with Gasteiger partial charge in [0.05, 0.1) is 11.0 Å². The van der Waals surface area contributed by atoms with Crippen LogP contribution in [-0.2, 0) is 7.05 Å². The molecule has 5 heteroatoms. The summed E-state index contributed by atoms with van der Waals surface area (Å²) < 4.78 is 2.07. The molecular formula is C12H16N4O. The largest absolute Gasteiger partial charge is 0.409 e. The summed E-state index contributed by atoms with van der Waals surface area (Å²) in [6.45, 7) is 4.21. The Morgan fingerprint density at radius 3 is 2.76 bits per heavy atom. The van der Waals surface area contributed by atoms with Gasteiger partial charge in [0.2, 0.25) is 0 Å². The Labute approximate surface area is 99.6 Å². The van der Waals surface area contributed by atoms with E-state index in [-0.39, 0.29) is 5.84 Å². The summed E-state index contributed by atoms with van der Waals surface area (Å²) in [5.41, 5.74) is 8.14. The van der Waals surface area contributed by atoms with Gasteiger partial charge in [-0.15, -0.1) is 0 Å². The number of aryl methyl sites for hydroxylation is 1. The highest BCUT2D eigenvalue weighted by atomic mass is 16.4. The van der Waals surface area contributed by atoms with Crippen LogP contribution < -0.4 is 5.73 Å². The van der Waals surface area contributed by atoms with Crippen LogP contribution in [0, 0.1) is 0 Å². The standard InChI is InChI=1S/C12H16N4O/c1-7(2)12-14-9-6-8(11(13)15-17)4-5-10(9)16(12)3/h4-7,17H,1-3H3,(H2,13,15). The number of rotatable bonds is 2. The number of hydrogen-bond donors (Lipinski definition) is 2. The Hall–Kier alpha value is -2.04. The average Bonchev–Trinajstić information content (AvgIpc) is 2.65. The van der Waals surface area contributed by atoms with Gasteiger partial charge in [0.1, 0.15) is 5.82 Å².